The fourth-order valence-corrected chi connectivity index (χ4v) is 9.02. The van der Waals surface area contributed by atoms with Gasteiger partial charge in [0.1, 0.15) is 28.7 Å². The number of piperazine rings is 1. The zero-order chi connectivity index (χ0) is 35.3. The zero-order valence-corrected chi connectivity index (χ0v) is 28.4. The number of phenolic OH excluding ortho intramolecular Hbond substituents is 1. The van der Waals surface area contributed by atoms with Crippen LogP contribution in [0, 0.1) is 34.8 Å². The van der Waals surface area contributed by atoms with E-state index in [1.165, 1.54) is 31.4 Å². The Labute approximate surface area is 293 Å². The van der Waals surface area contributed by atoms with E-state index in [1.54, 1.807) is 6.07 Å². The van der Waals surface area contributed by atoms with Crippen molar-refractivity contribution >= 4 is 27.5 Å². The summed E-state index contributed by atoms with van der Waals surface area (Å²) < 4.78 is 72.9. The van der Waals surface area contributed by atoms with Gasteiger partial charge in [-0.25, -0.2) is 17.6 Å². The SMILES string of the molecule is C#Cc1c(F)ccc2cc(O)cc(-c3c(OC)cc4c(N5CC6CCC(C5)N6)nc(OCC5(CN6CCCC7(C6)CC7(F)F)CC5)nc4c3F)c12. The van der Waals surface area contributed by atoms with Crippen molar-refractivity contribution in [3.8, 4) is 41.0 Å². The number of rotatable bonds is 8. The second-order valence-corrected chi connectivity index (χ2v) is 15.5. The number of anilines is 1. The van der Waals surface area contributed by atoms with Crippen molar-refractivity contribution in [1.82, 2.24) is 20.2 Å². The second kappa shape index (κ2) is 11.6. The molecule has 2 bridgehead atoms. The van der Waals surface area contributed by atoms with Crippen LogP contribution in [0.1, 0.15) is 50.5 Å². The summed E-state index contributed by atoms with van der Waals surface area (Å²) in [5.41, 5.74) is -1.04. The first kappa shape index (κ1) is 32.6. The molecule has 2 N–H and O–H groups in total. The van der Waals surface area contributed by atoms with Crippen LogP contribution in [0.3, 0.4) is 0 Å². The molecule has 1 aromatic heterocycles. The molecular weight excluding hydrogens is 662 g/mol. The molecule has 51 heavy (non-hydrogen) atoms. The fraction of sp³-hybridized carbons (Fsp3) is 0.487. The van der Waals surface area contributed by atoms with Gasteiger partial charge >= 0.3 is 6.01 Å². The summed E-state index contributed by atoms with van der Waals surface area (Å²) in [5.74, 6) is -1.07. The van der Waals surface area contributed by atoms with Crippen molar-refractivity contribution in [2.75, 3.05) is 51.3 Å². The van der Waals surface area contributed by atoms with E-state index in [9.17, 15) is 13.9 Å². The molecule has 1 spiro atoms. The van der Waals surface area contributed by atoms with Gasteiger partial charge in [0.25, 0.3) is 5.92 Å². The number of hydrogen-bond acceptors (Lipinski definition) is 8. The number of benzene rings is 3. The standard InChI is InChI=1S/C39H39F4N5O3/c1-3-26-29(40)8-5-22-13-25(49)14-27(31(22)26)32-30(50-2)15-28-34(33(32)41)45-36(46-35(28)48-16-23-6-7-24(17-48)44-23)51-21-37(10-11-37)19-47-12-4-9-38(20-47)18-39(38,42)43/h1,5,8,13-15,23-24,44,49H,4,6-7,9-12,16-21H2,2H3. The molecule has 3 unspecified atom stereocenters. The van der Waals surface area contributed by atoms with Crippen molar-refractivity contribution < 1.29 is 32.1 Å². The van der Waals surface area contributed by atoms with Crippen LogP contribution in [-0.2, 0) is 0 Å². The van der Waals surface area contributed by atoms with Gasteiger partial charge in [-0.3, -0.25) is 0 Å². The lowest BCUT2D eigenvalue weighted by atomic mass is 9.92. The maximum Gasteiger partial charge on any atom is 0.319 e. The molecule has 0 radical (unpaired) electrons. The molecule has 8 nitrogen and oxygen atoms in total. The van der Waals surface area contributed by atoms with Crippen molar-refractivity contribution in [2.45, 2.75) is 63.0 Å². The number of nitrogens with one attached hydrogen (secondary N) is 1. The topological polar surface area (TPSA) is 83.0 Å². The quantitative estimate of drug-likeness (QED) is 0.156. The summed E-state index contributed by atoms with van der Waals surface area (Å²) in [7, 11) is 1.42. The Morgan fingerprint density at radius 1 is 1.08 bits per heavy atom. The molecule has 4 heterocycles. The molecule has 3 saturated heterocycles. The van der Waals surface area contributed by atoms with E-state index >= 15 is 8.78 Å². The zero-order valence-electron chi connectivity index (χ0n) is 28.4. The minimum absolute atomic E-state index is 0.00869. The van der Waals surface area contributed by atoms with Crippen LogP contribution in [0.25, 0.3) is 32.8 Å². The van der Waals surface area contributed by atoms with E-state index in [2.05, 4.69) is 26.0 Å². The number of aromatic nitrogens is 2. The van der Waals surface area contributed by atoms with Crippen molar-refractivity contribution in [3.05, 3.63) is 47.5 Å². The molecule has 266 valence electrons. The molecule has 12 heteroatoms. The maximum absolute atomic E-state index is 17.3. The molecule has 3 atom stereocenters. The van der Waals surface area contributed by atoms with Gasteiger partial charge in [-0.05, 0) is 74.7 Å². The number of phenols is 1. The number of fused-ring (bicyclic) bond motifs is 4. The predicted molar refractivity (Wildman–Crippen MR) is 186 cm³/mol. The Kier molecular flexibility index (Phi) is 7.40. The third-order valence-corrected chi connectivity index (χ3v) is 11.9. The van der Waals surface area contributed by atoms with E-state index in [1.807, 2.05) is 0 Å². The Hall–Kier alpha value is -4.34. The molecule has 2 saturated carbocycles. The molecular formula is C39H39F4N5O3. The number of halogens is 4. The minimum Gasteiger partial charge on any atom is -0.508 e. The van der Waals surface area contributed by atoms with Crippen molar-refractivity contribution in [1.29, 1.82) is 0 Å². The highest BCUT2D eigenvalue weighted by Gasteiger charge is 2.71. The van der Waals surface area contributed by atoms with E-state index in [0.29, 0.717) is 49.2 Å². The van der Waals surface area contributed by atoms with Gasteiger partial charge in [0.15, 0.2) is 5.82 Å². The van der Waals surface area contributed by atoms with Gasteiger partial charge in [-0.2, -0.15) is 9.97 Å². The van der Waals surface area contributed by atoms with Crippen LogP contribution in [-0.4, -0.2) is 84.4 Å². The molecule has 4 aromatic rings. The summed E-state index contributed by atoms with van der Waals surface area (Å²) in [6.07, 6.45) is 10.9. The highest BCUT2D eigenvalue weighted by Crippen LogP contribution is 2.65. The van der Waals surface area contributed by atoms with Gasteiger partial charge < -0.3 is 29.7 Å². The monoisotopic (exact) mass is 701 g/mol. The molecule has 5 aliphatic rings. The highest BCUT2D eigenvalue weighted by molar-refractivity contribution is 6.05. The lowest BCUT2D eigenvalue weighted by Crippen LogP contribution is -2.51. The van der Waals surface area contributed by atoms with Crippen LogP contribution in [0.5, 0.6) is 17.5 Å². The number of alkyl halides is 2. The molecule has 0 amide bonds. The number of hydrogen-bond donors (Lipinski definition) is 2. The summed E-state index contributed by atoms with van der Waals surface area (Å²) in [4.78, 5) is 13.8. The van der Waals surface area contributed by atoms with E-state index in [-0.39, 0.29) is 75.6 Å². The average Bonchev–Trinajstić information content (AvgIpc) is 3.94. The van der Waals surface area contributed by atoms with Crippen molar-refractivity contribution in [3.63, 3.8) is 0 Å². The van der Waals surface area contributed by atoms with Gasteiger partial charge in [0.2, 0.25) is 0 Å². The molecule has 9 rings (SSSR count). The van der Waals surface area contributed by atoms with E-state index in [0.717, 1.165) is 38.6 Å². The number of terminal acetylenes is 1. The third-order valence-electron chi connectivity index (χ3n) is 11.9. The van der Waals surface area contributed by atoms with E-state index in [4.69, 9.17) is 20.9 Å². The van der Waals surface area contributed by atoms with Gasteiger partial charge in [0, 0.05) is 66.4 Å². The Morgan fingerprint density at radius 3 is 2.53 bits per heavy atom. The Bertz CT molecular complexity index is 2120. The molecule has 5 fully saturated rings. The van der Waals surface area contributed by atoms with Crippen LogP contribution in [0.2, 0.25) is 0 Å². The Balaban J connectivity index is 1.12. The average molecular weight is 702 g/mol. The molecule has 2 aliphatic carbocycles. The van der Waals surface area contributed by atoms with Gasteiger partial charge in [-0.1, -0.05) is 12.0 Å². The smallest absolute Gasteiger partial charge is 0.319 e. The first-order valence-corrected chi connectivity index (χ1v) is 17.8. The first-order valence-electron chi connectivity index (χ1n) is 17.8. The first-order chi connectivity index (χ1) is 24.5. The summed E-state index contributed by atoms with van der Waals surface area (Å²) in [5, 5.41) is 15.5. The minimum atomic E-state index is -2.58. The van der Waals surface area contributed by atoms with E-state index < -0.39 is 23.0 Å². The number of piperidine rings is 1. The van der Waals surface area contributed by atoms with Gasteiger partial charge in [-0.15, -0.1) is 6.42 Å². The number of aromatic hydroxyl groups is 1. The third kappa shape index (κ3) is 5.43. The van der Waals surface area contributed by atoms with Crippen molar-refractivity contribution in [2.24, 2.45) is 10.8 Å². The maximum atomic E-state index is 17.3. The number of likely N-dealkylation sites (tertiary alicyclic amines) is 1. The lowest BCUT2D eigenvalue weighted by molar-refractivity contribution is 0.0167. The fourth-order valence-electron chi connectivity index (χ4n) is 9.02. The largest absolute Gasteiger partial charge is 0.508 e. The second-order valence-electron chi connectivity index (χ2n) is 15.5. The molecule has 3 aliphatic heterocycles. The Morgan fingerprint density at radius 2 is 1.84 bits per heavy atom. The number of nitrogens with zero attached hydrogens (tertiary/aromatic N) is 4. The summed E-state index contributed by atoms with van der Waals surface area (Å²) in [6.45, 7) is 3.45. The van der Waals surface area contributed by atoms with Crippen LogP contribution < -0.4 is 19.7 Å². The van der Waals surface area contributed by atoms with Crippen LogP contribution in [0.4, 0.5) is 23.4 Å². The lowest BCUT2D eigenvalue weighted by Gasteiger charge is -2.35. The van der Waals surface area contributed by atoms with Crippen LogP contribution in [0.15, 0.2) is 30.3 Å². The normalized spacial score (nSPS) is 26.1. The van der Waals surface area contributed by atoms with Crippen LogP contribution >= 0.6 is 0 Å². The predicted octanol–water partition coefficient (Wildman–Crippen LogP) is 6.64. The number of ether oxygens (including phenoxy) is 2. The summed E-state index contributed by atoms with van der Waals surface area (Å²) in [6, 6.07) is 7.73. The summed E-state index contributed by atoms with van der Waals surface area (Å²) >= 11 is 0. The van der Waals surface area contributed by atoms with Gasteiger partial charge in [0.05, 0.1) is 30.3 Å². The molecule has 3 aromatic carbocycles. The number of methoxy groups -OCH3 is 1. The highest BCUT2D eigenvalue weighted by atomic mass is 19.3.